The van der Waals surface area contributed by atoms with Crippen LogP contribution in [-0.4, -0.2) is 126 Å². The van der Waals surface area contributed by atoms with E-state index in [-0.39, 0.29) is 78.2 Å². The lowest BCUT2D eigenvalue weighted by Gasteiger charge is -2.09. The van der Waals surface area contributed by atoms with Crippen LogP contribution in [0.5, 0.6) is 28.7 Å². The topological polar surface area (TPSA) is 474 Å². The van der Waals surface area contributed by atoms with E-state index in [0.717, 1.165) is 33.2 Å². The Balaban J connectivity index is 0.000000156. The minimum atomic E-state index is -0.413. The number of nitrogens with zero attached hydrogens (tertiary/aromatic N) is 7. The number of aryl methyl sites for hydroxylation is 2. The third-order valence-corrected chi connectivity index (χ3v) is 20.4. The first-order valence-electron chi connectivity index (χ1n) is 44.0. The number of carbonyl (C=O) groups is 9. The van der Waals surface area contributed by atoms with E-state index in [1.807, 2.05) is 87.5 Å². The number of ether oxygens (including phenoxy) is 4. The number of anilines is 3. The first-order chi connectivity index (χ1) is 70.4. The SMILES string of the molecule is C/C(=N\NC(=O)c1ccccc1)c1ccc2ccccc2c1O.CCOc1ccc(-c2cc(C(=O)N/N=C/c3ccco3)[nH]n2)cc1OC.Cc1ccc(/C=N/NC(=O)c2ccc(F)cc2)o1.Cc1cccc(C(=O)Nc2ccc(C(=O)N/N=C/c3ccc4c(c3)OCO4)cc2)c1.O=C(CCC(=O)Nc1cccc(Cl)c1)N/N=C/c1ccco1.O=C(N/N=C/c1ccco1)c1ccc(NC(=O)c2ccccc2Cl)cc1. The van der Waals surface area contributed by atoms with E-state index in [9.17, 15) is 52.6 Å². The Morgan fingerprint density at radius 3 is 1.60 bits per heavy atom. The second kappa shape index (κ2) is 54.2. The van der Waals surface area contributed by atoms with Crippen molar-refractivity contribution in [3.63, 3.8) is 0 Å². The van der Waals surface area contributed by atoms with Crippen molar-refractivity contribution in [3.05, 3.63) is 423 Å². The highest BCUT2D eigenvalue weighted by Gasteiger charge is 2.19. The van der Waals surface area contributed by atoms with Crippen LogP contribution in [0.1, 0.15) is 145 Å². The molecule has 1 aliphatic rings. The largest absolute Gasteiger partial charge is 0.507 e. The molecule has 11 N–H and O–H groups in total. The number of aromatic hydroxyl groups is 1. The fourth-order valence-electron chi connectivity index (χ4n) is 12.7. The molecule has 5 aromatic heterocycles. The van der Waals surface area contributed by atoms with Gasteiger partial charge in [-0.05, 0) is 263 Å². The summed E-state index contributed by atoms with van der Waals surface area (Å²) in [6.45, 7) is 8.14. The number of furan rings is 4. The van der Waals surface area contributed by atoms with Crippen LogP contribution in [0.2, 0.25) is 10.0 Å². The predicted octanol–water partition coefficient (Wildman–Crippen LogP) is 19.5. The summed E-state index contributed by atoms with van der Waals surface area (Å²) in [5.41, 5.74) is 23.4. The quantitative estimate of drug-likeness (QED) is 0.0153. The van der Waals surface area contributed by atoms with Crippen molar-refractivity contribution in [2.75, 3.05) is 36.5 Å². The molecule has 0 radical (unpaired) electrons. The van der Waals surface area contributed by atoms with Gasteiger partial charge < -0.3 is 57.7 Å². The molecule has 9 amide bonds. The van der Waals surface area contributed by atoms with Gasteiger partial charge in [0.15, 0.2) is 23.0 Å². The average Bonchev–Trinajstić information content (AvgIpc) is 1.69. The van der Waals surface area contributed by atoms with Crippen molar-refractivity contribution in [2.45, 2.75) is 40.5 Å². The van der Waals surface area contributed by atoms with Crippen LogP contribution < -0.4 is 67.5 Å². The van der Waals surface area contributed by atoms with Gasteiger partial charge in [0.25, 0.3) is 41.4 Å². The van der Waals surface area contributed by atoms with E-state index in [2.05, 4.69) is 89.3 Å². The van der Waals surface area contributed by atoms with Gasteiger partial charge >= 0.3 is 0 Å². The molecular weight excluding hydrogens is 1900 g/mol. The Kier molecular flexibility index (Phi) is 39.1. The summed E-state index contributed by atoms with van der Waals surface area (Å²) in [6.07, 6.45) is 11.7. The number of fused-ring (bicyclic) bond motifs is 2. The maximum atomic E-state index is 12.7. The highest BCUT2D eigenvalue weighted by molar-refractivity contribution is 6.34. The van der Waals surface area contributed by atoms with Crippen LogP contribution in [0, 0.1) is 19.7 Å². The molecular formula is C107H92Cl2FN17O18. The molecule has 17 rings (SSSR count). The van der Waals surface area contributed by atoms with Crippen molar-refractivity contribution in [1.29, 1.82) is 0 Å². The molecule has 6 heterocycles. The molecule has 0 saturated heterocycles. The van der Waals surface area contributed by atoms with Crippen molar-refractivity contribution >= 4 is 141 Å². The summed E-state index contributed by atoms with van der Waals surface area (Å²) in [4.78, 5) is 108. The first-order valence-corrected chi connectivity index (χ1v) is 44.8. The number of methoxy groups -OCH3 is 1. The molecule has 0 aliphatic carbocycles. The van der Waals surface area contributed by atoms with E-state index in [1.54, 1.807) is 226 Å². The molecule has 1 aliphatic heterocycles. The van der Waals surface area contributed by atoms with Crippen LogP contribution in [0.4, 0.5) is 21.5 Å². The highest BCUT2D eigenvalue weighted by Crippen LogP contribution is 2.35. The van der Waals surface area contributed by atoms with Gasteiger partial charge in [0.05, 0.1) is 85.6 Å². The fourth-order valence-corrected chi connectivity index (χ4v) is 13.1. The van der Waals surface area contributed by atoms with Crippen LogP contribution in [0.3, 0.4) is 0 Å². The summed E-state index contributed by atoms with van der Waals surface area (Å²) in [6, 6.07) is 85.6. The summed E-state index contributed by atoms with van der Waals surface area (Å²) in [5.74, 6) is 2.27. The summed E-state index contributed by atoms with van der Waals surface area (Å²) in [5, 5.41) is 51.2. The number of aromatic nitrogens is 2. The summed E-state index contributed by atoms with van der Waals surface area (Å²) < 4.78 is 54.5. The standard InChI is InChI=1S/C23H19N3O4.C19H14ClN3O3.C19H16N2O2.C18H18N4O4.C15H14ClN3O3.C13H11FN2O2/c1-15-3-2-4-18(11-15)22(27)25-19-8-6-17(7-9-19)23(28)26-24-13-16-5-10-20-21(12-16)30-14-29-20;20-17-6-2-1-5-16(17)19(25)22-14-9-7-13(8-10-14)18(24)23-21-12-15-4-3-11-26-15;1-13(20-21-19(23)15-8-3-2-4-9-15)16-12-11-14-7-5-6-10-17(14)18(16)22;1-3-25-16-7-6-12(9-17(16)24-2)14-10-15(21-20-14)18(23)22-19-11-13-5-4-8-26-13;16-11-3-1-4-12(9-11)18-14(20)6-7-15(21)19-17-10-13-5-2-8-22-13;1-9-2-7-12(18-9)8-15-16-13(17)10-3-5-11(14)6-4-10/h2-13H,14H2,1H3,(H,25,27)(H,26,28);1-12H,(H,22,25)(H,23,24);2-12,22H,1H3,(H,21,23);4-11H,3H2,1-2H3,(H,20,21)(H,22,23);1-5,8-10H,6-7H2,(H,18,20)(H,19,21);2-8H,1H3,(H,16,17)/b24-13+;21-12+;20-13+;19-11+;17-10+;15-8+. The molecule has 0 unspecified atom stereocenters. The van der Waals surface area contributed by atoms with Gasteiger partial charge in [-0.1, -0.05) is 108 Å². The van der Waals surface area contributed by atoms with Crippen LogP contribution in [-0.2, 0) is 9.59 Å². The van der Waals surface area contributed by atoms with Gasteiger partial charge in [-0.25, -0.2) is 36.9 Å². The molecule has 0 saturated carbocycles. The second-order valence-corrected chi connectivity index (χ2v) is 31.2. The average molecular weight is 1990 g/mol. The lowest BCUT2D eigenvalue weighted by Crippen LogP contribution is -2.20. The van der Waals surface area contributed by atoms with Gasteiger partial charge in [0, 0.05) is 79.3 Å². The maximum Gasteiger partial charge on any atom is 0.289 e. The van der Waals surface area contributed by atoms with E-state index < -0.39 is 11.8 Å². The third kappa shape index (κ3) is 33.3. The summed E-state index contributed by atoms with van der Waals surface area (Å²) >= 11 is 11.8. The van der Waals surface area contributed by atoms with Gasteiger partial charge in [0.1, 0.15) is 46.1 Å². The highest BCUT2D eigenvalue weighted by atomic mass is 35.5. The molecule has 38 heteroatoms. The molecule has 35 nitrogen and oxygen atoms in total. The van der Waals surface area contributed by atoms with Gasteiger partial charge in [-0.3, -0.25) is 48.2 Å². The van der Waals surface area contributed by atoms with E-state index >= 15 is 0 Å². The Morgan fingerprint density at radius 1 is 0.448 bits per heavy atom. The van der Waals surface area contributed by atoms with Gasteiger partial charge in [0.2, 0.25) is 18.6 Å². The zero-order chi connectivity index (χ0) is 103. The molecule has 734 valence electrons. The second-order valence-electron chi connectivity index (χ2n) is 30.3. The Labute approximate surface area is 838 Å². The van der Waals surface area contributed by atoms with E-state index in [0.29, 0.717) is 130 Å². The number of H-pyrrole nitrogens is 1. The number of carbonyl (C=O) groups excluding carboxylic acids is 9. The third-order valence-electron chi connectivity index (χ3n) is 19.9. The fraction of sp³-hybridized carbons (Fsp3) is 0.0841. The number of halogens is 3. The predicted molar refractivity (Wildman–Crippen MR) is 549 cm³/mol. The Bertz CT molecular complexity index is 7300. The number of phenols is 1. The van der Waals surface area contributed by atoms with E-state index in [1.165, 1.54) is 74.1 Å². The molecule has 0 atom stereocenters. The monoisotopic (exact) mass is 1990 g/mol. The van der Waals surface area contributed by atoms with Crippen molar-refractivity contribution in [1.82, 2.24) is 42.8 Å². The molecule has 0 spiro atoms. The minimum absolute atomic E-state index is 0.0297. The lowest BCUT2D eigenvalue weighted by atomic mass is 10.0. The first kappa shape index (κ1) is 105. The van der Waals surface area contributed by atoms with E-state index in [4.69, 9.17) is 59.8 Å². The number of phenolic OH excluding ortho intramolecular Hbond substituents is 1. The smallest absolute Gasteiger partial charge is 0.289 e. The lowest BCUT2D eigenvalue weighted by molar-refractivity contribution is -0.124. The Morgan fingerprint density at radius 2 is 1.00 bits per heavy atom. The van der Waals surface area contributed by atoms with Crippen LogP contribution >= 0.6 is 23.2 Å². The van der Waals surface area contributed by atoms with Crippen LogP contribution in [0.25, 0.3) is 22.0 Å². The maximum absolute atomic E-state index is 12.7. The number of benzene rings is 11. The number of rotatable bonds is 29. The molecule has 0 fully saturated rings. The Hall–Kier alpha value is -19.2. The number of amides is 9. The normalized spacial score (nSPS) is 11.1. The number of hydrogen-bond donors (Lipinski definition) is 11. The molecule has 0 bridgehead atoms. The van der Waals surface area contributed by atoms with Crippen molar-refractivity contribution < 1.29 is 89.3 Å². The number of hydrazone groups is 6. The van der Waals surface area contributed by atoms with Crippen molar-refractivity contribution in [2.24, 2.45) is 30.6 Å². The summed E-state index contributed by atoms with van der Waals surface area (Å²) in [7, 11) is 1.57. The zero-order valence-electron chi connectivity index (χ0n) is 78.0. The molecule has 145 heavy (non-hydrogen) atoms. The van der Waals surface area contributed by atoms with Crippen molar-refractivity contribution in [3.8, 4) is 40.0 Å². The minimum Gasteiger partial charge on any atom is -0.507 e. The molecule has 11 aromatic carbocycles. The van der Waals surface area contributed by atoms with Crippen LogP contribution in [0.15, 0.2) is 370 Å². The van der Waals surface area contributed by atoms with Gasteiger partial charge in [-0.2, -0.15) is 35.7 Å². The number of nitrogens with one attached hydrogen (secondary N) is 10. The number of hydrogen-bond acceptors (Lipinski definition) is 25. The zero-order valence-corrected chi connectivity index (χ0v) is 79.5. The molecule has 16 aromatic rings. The van der Waals surface area contributed by atoms with Gasteiger partial charge in [-0.15, -0.1) is 0 Å². The number of aromatic amines is 1.